The molecule has 0 heterocycles. The van der Waals surface area contributed by atoms with Crippen LogP contribution in [0.2, 0.25) is 0 Å². The SMILES string of the molecule is C=C/C(O)=C\C(=C)C.CCC.CCC.Oc1ccccc1.Oc1ccccc1. The molecule has 0 spiro atoms. The first-order valence-corrected chi connectivity index (χ1v) is 9.45. The Hall–Kier alpha value is -2.94. The van der Waals surface area contributed by atoms with Gasteiger partial charge in [0.1, 0.15) is 17.3 Å². The van der Waals surface area contributed by atoms with E-state index >= 15 is 0 Å². The maximum Gasteiger partial charge on any atom is 0.115 e. The van der Waals surface area contributed by atoms with Crippen LogP contribution in [0.4, 0.5) is 0 Å². The normalized spacial score (nSPS) is 8.68. The summed E-state index contributed by atoms with van der Waals surface area (Å²) in [6.45, 7) is 17.2. The number of rotatable bonds is 2. The van der Waals surface area contributed by atoms with Crippen molar-refractivity contribution in [1.29, 1.82) is 0 Å². The maximum absolute atomic E-state index is 8.71. The maximum atomic E-state index is 8.71. The van der Waals surface area contributed by atoms with Gasteiger partial charge in [0.25, 0.3) is 0 Å². The van der Waals surface area contributed by atoms with Gasteiger partial charge in [0, 0.05) is 0 Å². The monoisotopic (exact) mass is 386 g/mol. The first kappa shape index (κ1) is 29.8. The number of aliphatic hydroxyl groups excluding tert-OH is 1. The molecular formula is C25H38O3. The number of aliphatic hydroxyl groups is 1. The lowest BCUT2D eigenvalue weighted by molar-refractivity contribution is 0.432. The molecule has 3 N–H and O–H groups in total. The van der Waals surface area contributed by atoms with Crippen molar-refractivity contribution in [3.05, 3.63) is 97.3 Å². The number of hydrogen-bond donors (Lipinski definition) is 3. The molecule has 0 saturated heterocycles. The van der Waals surface area contributed by atoms with Crippen LogP contribution in [0.25, 0.3) is 0 Å². The molecule has 0 fully saturated rings. The van der Waals surface area contributed by atoms with Gasteiger partial charge in [-0.25, -0.2) is 0 Å². The van der Waals surface area contributed by atoms with E-state index in [2.05, 4.69) is 40.9 Å². The summed E-state index contributed by atoms with van der Waals surface area (Å²) in [7, 11) is 0. The second kappa shape index (κ2) is 24.1. The molecule has 2 aromatic rings. The molecule has 0 unspecified atom stereocenters. The Labute approximate surface area is 172 Å². The summed E-state index contributed by atoms with van der Waals surface area (Å²) in [4.78, 5) is 0. The minimum absolute atomic E-state index is 0.164. The van der Waals surface area contributed by atoms with Crippen LogP contribution in [0.15, 0.2) is 97.3 Å². The zero-order valence-corrected chi connectivity index (χ0v) is 18.1. The zero-order chi connectivity index (χ0) is 22.2. The Balaban J connectivity index is -0.000000294. The van der Waals surface area contributed by atoms with E-state index in [-0.39, 0.29) is 5.76 Å². The largest absolute Gasteiger partial charge is 0.508 e. The number of hydrogen-bond acceptors (Lipinski definition) is 3. The minimum Gasteiger partial charge on any atom is -0.508 e. The number of allylic oxidation sites excluding steroid dienone is 3. The third kappa shape index (κ3) is 30.9. The lowest BCUT2D eigenvalue weighted by Gasteiger charge is -1.87. The van der Waals surface area contributed by atoms with Crippen LogP contribution in [0, 0.1) is 0 Å². The topological polar surface area (TPSA) is 60.7 Å². The van der Waals surface area contributed by atoms with Gasteiger partial charge in [-0.05, 0) is 43.3 Å². The van der Waals surface area contributed by atoms with Crippen molar-refractivity contribution in [2.45, 2.75) is 47.5 Å². The van der Waals surface area contributed by atoms with Crippen molar-refractivity contribution in [1.82, 2.24) is 0 Å². The van der Waals surface area contributed by atoms with E-state index in [0.29, 0.717) is 11.5 Å². The van der Waals surface area contributed by atoms with E-state index in [9.17, 15) is 0 Å². The Morgan fingerprint density at radius 2 is 1.07 bits per heavy atom. The summed E-state index contributed by atoms with van der Waals surface area (Å²) in [5.74, 6) is 0.808. The number of phenols is 2. The van der Waals surface area contributed by atoms with Gasteiger partial charge in [0.2, 0.25) is 0 Å². The van der Waals surface area contributed by atoms with E-state index in [0.717, 1.165) is 5.57 Å². The van der Waals surface area contributed by atoms with Crippen LogP contribution < -0.4 is 0 Å². The highest BCUT2D eigenvalue weighted by Gasteiger charge is 1.80. The van der Waals surface area contributed by atoms with Gasteiger partial charge in [-0.3, -0.25) is 0 Å². The Morgan fingerprint density at radius 3 is 1.18 bits per heavy atom. The molecule has 0 atom stereocenters. The average Bonchev–Trinajstić information content (AvgIpc) is 2.65. The molecule has 3 nitrogen and oxygen atoms in total. The Bertz CT molecular complexity index is 563. The molecule has 3 heteroatoms. The fourth-order valence-electron chi connectivity index (χ4n) is 1.17. The fourth-order valence-corrected chi connectivity index (χ4v) is 1.17. The van der Waals surface area contributed by atoms with Crippen molar-refractivity contribution in [3.63, 3.8) is 0 Å². The van der Waals surface area contributed by atoms with Crippen LogP contribution in [0.5, 0.6) is 11.5 Å². The number of aromatic hydroxyl groups is 2. The first-order valence-electron chi connectivity index (χ1n) is 9.45. The molecule has 0 aliphatic carbocycles. The van der Waals surface area contributed by atoms with E-state index < -0.39 is 0 Å². The van der Waals surface area contributed by atoms with Gasteiger partial charge < -0.3 is 15.3 Å². The molecule has 0 aromatic heterocycles. The second-order valence-electron chi connectivity index (χ2n) is 5.70. The van der Waals surface area contributed by atoms with E-state index in [4.69, 9.17) is 15.3 Å². The first-order chi connectivity index (χ1) is 13.3. The number of benzene rings is 2. The molecule has 2 aromatic carbocycles. The van der Waals surface area contributed by atoms with Gasteiger partial charge in [-0.1, -0.05) is 95.7 Å². The zero-order valence-electron chi connectivity index (χ0n) is 18.1. The molecule has 0 saturated carbocycles. The standard InChI is InChI=1S/C7H10O.2C6H6O.2C3H8/c1-4-7(8)5-6(2)3;2*7-6-4-2-1-3-5-6;2*1-3-2/h4-5,8H,1-2H2,3H3;2*1-5,7H;2*3H2,1-2H3/b7-5+;;;;. The third-order valence-corrected chi connectivity index (χ3v) is 2.12. The van der Waals surface area contributed by atoms with Gasteiger partial charge >= 0.3 is 0 Å². The highest BCUT2D eigenvalue weighted by Crippen LogP contribution is 2.03. The van der Waals surface area contributed by atoms with Gasteiger partial charge in [-0.15, -0.1) is 0 Å². The van der Waals surface area contributed by atoms with Gasteiger partial charge in [-0.2, -0.15) is 0 Å². The molecule has 0 aliphatic rings. The lowest BCUT2D eigenvalue weighted by atomic mass is 10.3. The summed E-state index contributed by atoms with van der Waals surface area (Å²) in [6, 6.07) is 17.4. The minimum atomic E-state index is 0.164. The summed E-state index contributed by atoms with van der Waals surface area (Å²) >= 11 is 0. The highest BCUT2D eigenvalue weighted by atomic mass is 16.3. The molecule has 0 aliphatic heterocycles. The molecule has 0 bridgehead atoms. The molecule has 28 heavy (non-hydrogen) atoms. The summed E-state index contributed by atoms with van der Waals surface area (Å²) in [6.07, 6.45) is 5.42. The Morgan fingerprint density at radius 1 is 0.786 bits per heavy atom. The van der Waals surface area contributed by atoms with Crippen molar-refractivity contribution >= 4 is 0 Å². The van der Waals surface area contributed by atoms with Crippen LogP contribution in [-0.4, -0.2) is 15.3 Å². The highest BCUT2D eigenvalue weighted by molar-refractivity contribution is 5.20. The number of phenolic OH excluding ortho intramolecular Hbond substituents is 2. The van der Waals surface area contributed by atoms with Crippen LogP contribution in [0.3, 0.4) is 0 Å². The van der Waals surface area contributed by atoms with Crippen LogP contribution in [-0.2, 0) is 0 Å². The number of para-hydroxylation sites is 2. The predicted octanol–water partition coefficient (Wildman–Crippen LogP) is 7.81. The quantitative estimate of drug-likeness (QED) is 0.364. The van der Waals surface area contributed by atoms with E-state index in [1.165, 1.54) is 18.9 Å². The van der Waals surface area contributed by atoms with Gasteiger partial charge in [0.05, 0.1) is 0 Å². The molecular weight excluding hydrogens is 348 g/mol. The van der Waals surface area contributed by atoms with Crippen LogP contribution >= 0.6 is 0 Å². The summed E-state index contributed by atoms with van der Waals surface area (Å²) < 4.78 is 0. The summed E-state index contributed by atoms with van der Waals surface area (Å²) in [5.41, 5.74) is 0.822. The van der Waals surface area contributed by atoms with Crippen molar-refractivity contribution in [2.24, 2.45) is 0 Å². The molecule has 2 rings (SSSR count). The van der Waals surface area contributed by atoms with Gasteiger partial charge in [0.15, 0.2) is 0 Å². The average molecular weight is 387 g/mol. The summed E-state index contributed by atoms with van der Waals surface area (Å²) in [5, 5.41) is 26.0. The van der Waals surface area contributed by atoms with Crippen molar-refractivity contribution in [2.75, 3.05) is 0 Å². The smallest absolute Gasteiger partial charge is 0.115 e. The van der Waals surface area contributed by atoms with E-state index in [1.807, 2.05) is 12.1 Å². The molecule has 156 valence electrons. The molecule has 0 amide bonds. The lowest BCUT2D eigenvalue weighted by Crippen LogP contribution is -1.71. The fraction of sp³-hybridized carbons (Fsp3) is 0.280. The van der Waals surface area contributed by atoms with Crippen LogP contribution in [0.1, 0.15) is 47.5 Å². The van der Waals surface area contributed by atoms with Crippen molar-refractivity contribution < 1.29 is 15.3 Å². The Kier molecular flexibility index (Phi) is 25.6. The molecule has 0 radical (unpaired) electrons. The predicted molar refractivity (Wildman–Crippen MR) is 124 cm³/mol. The van der Waals surface area contributed by atoms with E-state index in [1.54, 1.807) is 61.5 Å². The second-order valence-corrected chi connectivity index (χ2v) is 5.70. The third-order valence-electron chi connectivity index (χ3n) is 2.12. The van der Waals surface area contributed by atoms with Crippen molar-refractivity contribution in [3.8, 4) is 11.5 Å².